The van der Waals surface area contributed by atoms with Crippen LogP contribution in [0.25, 0.3) is 11.2 Å². The van der Waals surface area contributed by atoms with Gasteiger partial charge in [-0.2, -0.15) is 0 Å². The number of fused-ring (bicyclic) bond motifs is 1. The molecule has 3 heterocycles. The Bertz CT molecular complexity index is 891. The minimum absolute atomic E-state index is 0.000727. The summed E-state index contributed by atoms with van der Waals surface area (Å²) >= 11 is 0. The zero-order chi connectivity index (χ0) is 17.2. The third kappa shape index (κ3) is 3.07. The van der Waals surface area contributed by atoms with Gasteiger partial charge < -0.3 is 14.2 Å². The Labute approximate surface area is 146 Å². The third-order valence-electron chi connectivity index (χ3n) is 4.62. The first-order chi connectivity index (χ1) is 12.2. The fraction of sp³-hybridized carbons (Fsp3) is 0.316. The first kappa shape index (κ1) is 15.6. The van der Waals surface area contributed by atoms with Crippen molar-refractivity contribution >= 4 is 17.1 Å². The van der Waals surface area contributed by atoms with E-state index in [0.29, 0.717) is 12.2 Å². The van der Waals surface area contributed by atoms with E-state index in [4.69, 9.17) is 4.74 Å². The summed E-state index contributed by atoms with van der Waals surface area (Å²) < 4.78 is 7.70. The number of pyridine rings is 1. The molecule has 2 aromatic heterocycles. The van der Waals surface area contributed by atoms with Crippen LogP contribution in [0.1, 0.15) is 23.2 Å². The fourth-order valence-corrected chi connectivity index (χ4v) is 3.28. The van der Waals surface area contributed by atoms with Crippen molar-refractivity contribution in [2.75, 3.05) is 13.2 Å². The van der Waals surface area contributed by atoms with E-state index < -0.39 is 0 Å². The fourth-order valence-electron chi connectivity index (χ4n) is 3.28. The maximum atomic E-state index is 12.9. The summed E-state index contributed by atoms with van der Waals surface area (Å²) in [5, 5.41) is 0. The maximum Gasteiger partial charge on any atom is 0.255 e. The molecule has 1 saturated heterocycles. The van der Waals surface area contributed by atoms with Crippen molar-refractivity contribution in [1.82, 2.24) is 19.4 Å². The van der Waals surface area contributed by atoms with Crippen LogP contribution in [0.15, 0.2) is 48.9 Å². The highest BCUT2D eigenvalue weighted by atomic mass is 16.5. The SMILES string of the molecule is Cn1cnc2cc(C(=O)N3CCC[C@H]3COc3ccccc3)cnc21. The maximum absolute atomic E-state index is 12.9. The topological polar surface area (TPSA) is 60.2 Å². The molecule has 0 aliphatic carbocycles. The average molecular weight is 336 g/mol. The van der Waals surface area contributed by atoms with Crippen LogP contribution in [-0.2, 0) is 7.05 Å². The monoisotopic (exact) mass is 336 g/mol. The zero-order valence-electron chi connectivity index (χ0n) is 14.1. The Morgan fingerprint density at radius 3 is 2.96 bits per heavy atom. The quantitative estimate of drug-likeness (QED) is 0.735. The van der Waals surface area contributed by atoms with E-state index in [1.54, 1.807) is 12.5 Å². The molecule has 1 aliphatic heterocycles. The van der Waals surface area contributed by atoms with E-state index in [0.717, 1.165) is 36.3 Å². The lowest BCUT2D eigenvalue weighted by molar-refractivity contribution is 0.0691. The second-order valence-electron chi connectivity index (χ2n) is 6.34. The molecule has 0 spiro atoms. The normalized spacial score (nSPS) is 17.2. The van der Waals surface area contributed by atoms with Crippen molar-refractivity contribution < 1.29 is 9.53 Å². The van der Waals surface area contributed by atoms with Gasteiger partial charge in [-0.25, -0.2) is 9.97 Å². The Hall–Kier alpha value is -2.89. The second kappa shape index (κ2) is 6.55. The van der Waals surface area contributed by atoms with Gasteiger partial charge in [-0.15, -0.1) is 0 Å². The molecule has 6 heteroatoms. The lowest BCUT2D eigenvalue weighted by Gasteiger charge is -2.24. The largest absolute Gasteiger partial charge is 0.491 e. The second-order valence-corrected chi connectivity index (χ2v) is 6.34. The van der Waals surface area contributed by atoms with Gasteiger partial charge in [-0.05, 0) is 31.0 Å². The Kier molecular flexibility index (Phi) is 4.09. The Morgan fingerprint density at radius 1 is 1.28 bits per heavy atom. The van der Waals surface area contributed by atoms with Crippen molar-refractivity contribution in [3.63, 3.8) is 0 Å². The highest BCUT2D eigenvalue weighted by molar-refractivity contribution is 5.96. The summed E-state index contributed by atoms with van der Waals surface area (Å²) in [5.74, 6) is 0.831. The molecule has 0 radical (unpaired) electrons. The number of ether oxygens (including phenoxy) is 1. The number of carbonyl (C=O) groups excluding carboxylic acids is 1. The number of benzene rings is 1. The number of para-hydroxylation sites is 1. The molecule has 0 N–H and O–H groups in total. The lowest BCUT2D eigenvalue weighted by Crippen LogP contribution is -2.39. The minimum Gasteiger partial charge on any atom is -0.491 e. The van der Waals surface area contributed by atoms with E-state index in [1.165, 1.54) is 0 Å². The van der Waals surface area contributed by atoms with Gasteiger partial charge >= 0.3 is 0 Å². The summed E-state index contributed by atoms with van der Waals surface area (Å²) in [6, 6.07) is 11.6. The van der Waals surface area contributed by atoms with Gasteiger partial charge in [0.05, 0.1) is 17.9 Å². The standard InChI is InChI=1S/C19H20N4O2/c1-22-13-21-17-10-14(11-20-18(17)22)19(24)23-9-5-6-15(23)12-25-16-7-3-2-4-8-16/h2-4,7-8,10-11,13,15H,5-6,9,12H2,1H3/t15-/m0/s1. The number of aromatic nitrogens is 3. The number of hydrogen-bond donors (Lipinski definition) is 0. The van der Waals surface area contributed by atoms with Crippen LogP contribution in [0, 0.1) is 0 Å². The van der Waals surface area contributed by atoms with Crippen molar-refractivity contribution in [1.29, 1.82) is 0 Å². The van der Waals surface area contributed by atoms with Crippen LogP contribution in [0.3, 0.4) is 0 Å². The first-order valence-electron chi connectivity index (χ1n) is 8.48. The number of nitrogens with zero attached hydrogens (tertiary/aromatic N) is 4. The molecular formula is C19H20N4O2. The number of carbonyl (C=O) groups is 1. The van der Waals surface area contributed by atoms with E-state index in [-0.39, 0.29) is 11.9 Å². The summed E-state index contributed by atoms with van der Waals surface area (Å²) in [6.07, 6.45) is 5.30. The molecule has 128 valence electrons. The lowest BCUT2D eigenvalue weighted by atomic mass is 10.2. The van der Waals surface area contributed by atoms with Gasteiger partial charge in [0.1, 0.15) is 17.9 Å². The van der Waals surface area contributed by atoms with Crippen LogP contribution >= 0.6 is 0 Å². The van der Waals surface area contributed by atoms with E-state index in [9.17, 15) is 4.79 Å². The van der Waals surface area contributed by atoms with Gasteiger partial charge in [-0.1, -0.05) is 18.2 Å². The molecule has 0 saturated carbocycles. The van der Waals surface area contributed by atoms with E-state index >= 15 is 0 Å². The summed E-state index contributed by atoms with van der Waals surface area (Å²) in [5.41, 5.74) is 2.10. The van der Waals surface area contributed by atoms with Gasteiger partial charge in [0.2, 0.25) is 0 Å². The van der Waals surface area contributed by atoms with E-state index in [1.807, 2.05) is 52.9 Å². The van der Waals surface area contributed by atoms with Crippen molar-refractivity contribution in [3.8, 4) is 5.75 Å². The number of amides is 1. The van der Waals surface area contributed by atoms with Gasteiger partial charge in [-0.3, -0.25) is 4.79 Å². The third-order valence-corrected chi connectivity index (χ3v) is 4.62. The molecule has 25 heavy (non-hydrogen) atoms. The Morgan fingerprint density at radius 2 is 2.12 bits per heavy atom. The minimum atomic E-state index is -0.000727. The molecule has 1 amide bonds. The van der Waals surface area contributed by atoms with Crippen LogP contribution in [0.2, 0.25) is 0 Å². The number of rotatable bonds is 4. The molecule has 1 aliphatic rings. The van der Waals surface area contributed by atoms with Gasteiger partial charge in [0.15, 0.2) is 5.65 Å². The number of hydrogen-bond acceptors (Lipinski definition) is 4. The molecule has 4 rings (SSSR count). The molecule has 6 nitrogen and oxygen atoms in total. The first-order valence-corrected chi connectivity index (χ1v) is 8.48. The molecule has 1 aromatic carbocycles. The number of likely N-dealkylation sites (tertiary alicyclic amines) is 1. The van der Waals surface area contributed by atoms with Gasteiger partial charge in [0.25, 0.3) is 5.91 Å². The zero-order valence-corrected chi connectivity index (χ0v) is 14.1. The highest BCUT2D eigenvalue weighted by Crippen LogP contribution is 2.22. The van der Waals surface area contributed by atoms with Crippen molar-refractivity contribution in [3.05, 3.63) is 54.5 Å². The average Bonchev–Trinajstić information content (AvgIpc) is 3.27. The summed E-state index contributed by atoms with van der Waals surface area (Å²) in [4.78, 5) is 23.5. The Balaban J connectivity index is 1.49. The summed E-state index contributed by atoms with van der Waals surface area (Å²) in [7, 11) is 1.89. The molecule has 0 unspecified atom stereocenters. The molecule has 0 bridgehead atoms. The predicted octanol–water partition coefficient (Wildman–Crippen LogP) is 2.65. The van der Waals surface area contributed by atoms with Crippen molar-refractivity contribution in [2.45, 2.75) is 18.9 Å². The smallest absolute Gasteiger partial charge is 0.255 e. The highest BCUT2D eigenvalue weighted by Gasteiger charge is 2.30. The van der Waals surface area contributed by atoms with Crippen LogP contribution < -0.4 is 4.74 Å². The predicted molar refractivity (Wildman–Crippen MR) is 94.5 cm³/mol. The summed E-state index contributed by atoms with van der Waals surface area (Å²) in [6.45, 7) is 1.26. The van der Waals surface area contributed by atoms with E-state index in [2.05, 4.69) is 9.97 Å². The molecular weight excluding hydrogens is 316 g/mol. The molecule has 1 atom stereocenters. The molecule has 3 aromatic rings. The van der Waals surface area contributed by atoms with Crippen LogP contribution in [0.5, 0.6) is 5.75 Å². The number of aryl methyl sites for hydroxylation is 1. The number of imidazole rings is 1. The molecule has 1 fully saturated rings. The van der Waals surface area contributed by atoms with Crippen LogP contribution in [0.4, 0.5) is 0 Å². The van der Waals surface area contributed by atoms with Gasteiger partial charge in [0, 0.05) is 19.8 Å². The van der Waals surface area contributed by atoms with Crippen molar-refractivity contribution in [2.24, 2.45) is 7.05 Å². The van der Waals surface area contributed by atoms with Crippen LogP contribution in [-0.4, -0.2) is 44.5 Å².